The second kappa shape index (κ2) is 8.40. The van der Waals surface area contributed by atoms with Crippen LogP contribution in [0.4, 0.5) is 4.39 Å². The normalized spacial score (nSPS) is 8.44. The number of hydrogen-bond acceptors (Lipinski definition) is 2. The van der Waals surface area contributed by atoms with Crippen LogP contribution in [0.2, 0.25) is 0 Å². The molecule has 0 aromatic rings. The largest absolute Gasteiger partial charge is 1.00 e. The molecule has 0 spiro atoms. The van der Waals surface area contributed by atoms with Gasteiger partial charge in [0.2, 0.25) is 0 Å². The van der Waals surface area contributed by atoms with E-state index in [1.165, 1.54) is 0 Å². The molecule has 0 bridgehead atoms. The van der Waals surface area contributed by atoms with Crippen LogP contribution in [0, 0.1) is 6.92 Å². The minimum Gasteiger partial charge on any atom is -0.313 e. The first-order valence-electron chi connectivity index (χ1n) is 1.47. The van der Waals surface area contributed by atoms with Gasteiger partial charge in [0, 0.05) is 0 Å². The standard InChI is InChI=1S/C2H4F.Li.H2O4S/c1-2-3;;1-5(2,3)4/h1-2H2;;(H2,1,2,3,4)/q-1;+1;. The summed E-state index contributed by atoms with van der Waals surface area (Å²) in [6.45, 7) is 2.32. The van der Waals surface area contributed by atoms with Crippen molar-refractivity contribution in [3.05, 3.63) is 6.92 Å². The zero-order chi connectivity index (χ0) is 7.21. The molecule has 0 heterocycles. The van der Waals surface area contributed by atoms with Crippen molar-refractivity contribution < 1.29 is 40.8 Å². The summed E-state index contributed by atoms with van der Waals surface area (Å²) in [6.07, 6.45) is 0. The Bertz CT molecular complexity index is 113. The van der Waals surface area contributed by atoms with Crippen molar-refractivity contribution in [3.63, 3.8) is 0 Å². The number of alkyl halides is 1. The molecular weight excluding hydrogens is 146 g/mol. The zero-order valence-corrected chi connectivity index (χ0v) is 5.73. The molecule has 0 saturated heterocycles. The van der Waals surface area contributed by atoms with Crippen molar-refractivity contribution in [2.75, 3.05) is 6.67 Å². The molecule has 0 saturated carbocycles. The molecule has 0 aromatic carbocycles. The Morgan fingerprint density at radius 3 is 1.44 bits per heavy atom. The summed E-state index contributed by atoms with van der Waals surface area (Å²) < 4.78 is 41.8. The van der Waals surface area contributed by atoms with E-state index < -0.39 is 17.1 Å². The Hall–Kier alpha value is 0.397. The summed E-state index contributed by atoms with van der Waals surface area (Å²) in [5, 5.41) is 0. The van der Waals surface area contributed by atoms with Gasteiger partial charge in [-0.05, 0) is 6.67 Å². The van der Waals surface area contributed by atoms with Crippen LogP contribution in [0.25, 0.3) is 0 Å². The fourth-order valence-corrected chi connectivity index (χ4v) is 0. The van der Waals surface area contributed by atoms with Crippen LogP contribution >= 0.6 is 0 Å². The van der Waals surface area contributed by atoms with Crippen LogP contribution in [0.15, 0.2) is 0 Å². The third kappa shape index (κ3) is 2180. The second-order valence-corrected chi connectivity index (χ2v) is 1.53. The minimum absolute atomic E-state index is 0. The van der Waals surface area contributed by atoms with E-state index in [2.05, 4.69) is 6.92 Å². The van der Waals surface area contributed by atoms with Crippen LogP contribution in [-0.2, 0) is 10.4 Å². The zero-order valence-electron chi connectivity index (χ0n) is 4.91. The summed E-state index contributed by atoms with van der Waals surface area (Å²) in [5.74, 6) is 0. The van der Waals surface area contributed by atoms with E-state index in [-0.39, 0.29) is 18.9 Å². The molecule has 0 amide bonds. The first kappa shape index (κ1) is 16.2. The van der Waals surface area contributed by atoms with Crippen LogP contribution in [0.3, 0.4) is 0 Å². The molecule has 0 atom stereocenters. The summed E-state index contributed by atoms with van der Waals surface area (Å²) in [7, 11) is -4.67. The Labute approximate surface area is 65.2 Å². The van der Waals surface area contributed by atoms with Gasteiger partial charge in [-0.25, -0.2) is 0 Å². The average Bonchev–Trinajstić information content (AvgIpc) is 1.27. The Morgan fingerprint density at radius 2 is 1.44 bits per heavy atom. The molecule has 0 rings (SSSR count). The number of halogens is 1. The average molecular weight is 152 g/mol. The monoisotopic (exact) mass is 152 g/mol. The van der Waals surface area contributed by atoms with Crippen molar-refractivity contribution in [3.8, 4) is 0 Å². The Morgan fingerprint density at radius 1 is 1.44 bits per heavy atom. The van der Waals surface area contributed by atoms with Crippen LogP contribution in [0.1, 0.15) is 0 Å². The first-order valence-corrected chi connectivity index (χ1v) is 2.86. The SMILES string of the molecule is O=S(=O)(O)O.[CH2-]CF.[Li+]. The van der Waals surface area contributed by atoms with Gasteiger partial charge in [0.15, 0.2) is 0 Å². The molecule has 0 aliphatic carbocycles. The van der Waals surface area contributed by atoms with E-state index in [0.717, 1.165) is 0 Å². The van der Waals surface area contributed by atoms with Gasteiger partial charge in [-0.2, -0.15) is 8.42 Å². The van der Waals surface area contributed by atoms with Gasteiger partial charge in [-0.1, -0.05) is 0 Å². The van der Waals surface area contributed by atoms with E-state index in [4.69, 9.17) is 17.5 Å². The smallest absolute Gasteiger partial charge is 0.313 e. The molecule has 2 N–H and O–H groups in total. The van der Waals surface area contributed by atoms with E-state index in [9.17, 15) is 4.39 Å². The molecule has 0 aliphatic heterocycles. The molecule has 0 unspecified atom stereocenters. The van der Waals surface area contributed by atoms with Gasteiger partial charge in [0.05, 0.1) is 0 Å². The van der Waals surface area contributed by atoms with E-state index in [1.54, 1.807) is 0 Å². The molecular formula is C2H6FLiO4S. The van der Waals surface area contributed by atoms with E-state index in [1.807, 2.05) is 0 Å². The fourth-order valence-electron chi connectivity index (χ4n) is 0. The Kier molecular flexibility index (Phi) is 15.1. The van der Waals surface area contributed by atoms with Crippen LogP contribution in [0.5, 0.6) is 0 Å². The van der Waals surface area contributed by atoms with Crippen molar-refractivity contribution in [1.29, 1.82) is 0 Å². The maximum Gasteiger partial charge on any atom is 1.00 e. The molecule has 0 radical (unpaired) electrons. The first-order chi connectivity index (χ1) is 3.41. The fraction of sp³-hybridized carbons (Fsp3) is 0.500. The van der Waals surface area contributed by atoms with Crippen LogP contribution in [-0.4, -0.2) is 24.2 Å². The summed E-state index contributed by atoms with van der Waals surface area (Å²) >= 11 is 0. The van der Waals surface area contributed by atoms with Crippen molar-refractivity contribution in [1.82, 2.24) is 0 Å². The van der Waals surface area contributed by atoms with Gasteiger partial charge in [-0.3, -0.25) is 13.5 Å². The minimum atomic E-state index is -4.67. The maximum atomic E-state index is 10.2. The molecule has 0 aromatic heterocycles. The van der Waals surface area contributed by atoms with Gasteiger partial charge >= 0.3 is 29.3 Å². The molecule has 0 aliphatic rings. The summed E-state index contributed by atoms with van der Waals surface area (Å²) in [6, 6.07) is 0. The number of rotatable bonds is 0. The van der Waals surface area contributed by atoms with Gasteiger partial charge in [0.1, 0.15) is 0 Å². The van der Waals surface area contributed by atoms with E-state index in [0.29, 0.717) is 0 Å². The molecule has 0 fully saturated rings. The van der Waals surface area contributed by atoms with Crippen molar-refractivity contribution >= 4 is 10.4 Å². The van der Waals surface area contributed by atoms with Gasteiger partial charge in [-0.15, -0.1) is 0 Å². The second-order valence-electron chi connectivity index (χ2n) is 0.637. The van der Waals surface area contributed by atoms with E-state index >= 15 is 0 Å². The third-order valence-electron chi connectivity index (χ3n) is 0. The molecule has 7 heteroatoms. The topological polar surface area (TPSA) is 74.6 Å². The van der Waals surface area contributed by atoms with Crippen molar-refractivity contribution in [2.24, 2.45) is 0 Å². The van der Waals surface area contributed by atoms with Crippen molar-refractivity contribution in [2.45, 2.75) is 0 Å². The summed E-state index contributed by atoms with van der Waals surface area (Å²) in [4.78, 5) is 0. The summed E-state index contributed by atoms with van der Waals surface area (Å²) in [5.41, 5.74) is 0. The van der Waals surface area contributed by atoms with Gasteiger partial charge < -0.3 is 6.92 Å². The predicted molar refractivity (Wildman–Crippen MR) is 25.5 cm³/mol. The quantitative estimate of drug-likeness (QED) is 0.222. The molecule has 9 heavy (non-hydrogen) atoms. The molecule has 4 nitrogen and oxygen atoms in total. The predicted octanol–water partition coefficient (Wildman–Crippen LogP) is -2.86. The molecule has 52 valence electrons. The number of hydrogen-bond donors (Lipinski definition) is 2. The van der Waals surface area contributed by atoms with Crippen LogP contribution < -0.4 is 18.9 Å². The van der Waals surface area contributed by atoms with Gasteiger partial charge in [0.25, 0.3) is 0 Å². The maximum absolute atomic E-state index is 10.2. The third-order valence-corrected chi connectivity index (χ3v) is 0. The Balaban J connectivity index is -0.0000000800.